The minimum atomic E-state index is -0.338. The van der Waals surface area contributed by atoms with Crippen molar-refractivity contribution in [3.8, 4) is 0 Å². The molecule has 0 radical (unpaired) electrons. The third kappa shape index (κ3) is 2.99. The van der Waals surface area contributed by atoms with Crippen molar-refractivity contribution in [1.82, 2.24) is 9.88 Å². The maximum Gasteiger partial charge on any atom is 0.156 e. The molecule has 1 atom stereocenters. The maximum absolute atomic E-state index is 13.2. The van der Waals surface area contributed by atoms with E-state index in [4.69, 9.17) is 0 Å². The van der Waals surface area contributed by atoms with Gasteiger partial charge in [0.15, 0.2) is 5.82 Å². The van der Waals surface area contributed by atoms with Crippen molar-refractivity contribution in [1.29, 1.82) is 0 Å². The van der Waals surface area contributed by atoms with Crippen LogP contribution in [0.1, 0.15) is 18.4 Å². The van der Waals surface area contributed by atoms with E-state index in [1.807, 2.05) is 0 Å². The number of β-amino-alcohol motifs (C(OH)–C–C–N with tert-alkyl or cyclic N) is 1. The molecule has 88 valence electrons. The summed E-state index contributed by atoms with van der Waals surface area (Å²) >= 11 is 3.02. The van der Waals surface area contributed by atoms with Crippen molar-refractivity contribution in [3.63, 3.8) is 0 Å². The summed E-state index contributed by atoms with van der Waals surface area (Å²) in [5.74, 6) is -0.338. The van der Waals surface area contributed by atoms with Crippen LogP contribution in [0, 0.1) is 5.82 Å². The van der Waals surface area contributed by atoms with Gasteiger partial charge in [0.25, 0.3) is 0 Å². The molecule has 1 aliphatic heterocycles. The lowest BCUT2D eigenvalue weighted by atomic mass is 10.1. The summed E-state index contributed by atoms with van der Waals surface area (Å²) in [7, 11) is 0. The molecule has 5 heteroatoms. The Kier molecular flexibility index (Phi) is 3.89. The van der Waals surface area contributed by atoms with Crippen LogP contribution in [-0.2, 0) is 6.54 Å². The summed E-state index contributed by atoms with van der Waals surface area (Å²) in [5.41, 5.74) is 0.842. The lowest BCUT2D eigenvalue weighted by Gasteiger charge is -2.29. The van der Waals surface area contributed by atoms with Gasteiger partial charge < -0.3 is 5.11 Å². The Bertz CT molecular complexity index is 375. The molecule has 0 bridgehead atoms. The normalized spacial score (nSPS) is 22.3. The minimum Gasteiger partial charge on any atom is -0.392 e. The van der Waals surface area contributed by atoms with Gasteiger partial charge in [0.1, 0.15) is 4.60 Å². The zero-order valence-corrected chi connectivity index (χ0v) is 10.5. The minimum absolute atomic E-state index is 0.245. The van der Waals surface area contributed by atoms with Gasteiger partial charge >= 0.3 is 0 Å². The Morgan fingerprint density at radius 3 is 3.12 bits per heavy atom. The first-order valence-electron chi connectivity index (χ1n) is 5.35. The molecule has 2 rings (SSSR count). The zero-order chi connectivity index (χ0) is 11.5. The second-order valence-corrected chi connectivity index (χ2v) is 4.90. The highest BCUT2D eigenvalue weighted by molar-refractivity contribution is 9.10. The average Bonchev–Trinajstić information content (AvgIpc) is 2.24. The van der Waals surface area contributed by atoms with Crippen molar-refractivity contribution < 1.29 is 9.50 Å². The molecule has 0 unspecified atom stereocenters. The zero-order valence-electron chi connectivity index (χ0n) is 8.87. The topological polar surface area (TPSA) is 36.4 Å². The lowest BCUT2D eigenvalue weighted by molar-refractivity contribution is 0.0667. The number of hydrogen-bond donors (Lipinski definition) is 1. The van der Waals surface area contributed by atoms with Crippen molar-refractivity contribution >= 4 is 15.9 Å². The Morgan fingerprint density at radius 2 is 2.44 bits per heavy atom. The summed E-state index contributed by atoms with van der Waals surface area (Å²) in [5, 5.41) is 9.52. The molecule has 0 amide bonds. The fourth-order valence-corrected chi connectivity index (χ4v) is 2.20. The molecule has 16 heavy (non-hydrogen) atoms. The van der Waals surface area contributed by atoms with Crippen molar-refractivity contribution in [2.45, 2.75) is 25.5 Å². The van der Waals surface area contributed by atoms with Gasteiger partial charge in [-0.2, -0.15) is 0 Å². The molecule has 0 saturated carbocycles. The molecule has 1 aromatic rings. The number of piperidine rings is 1. The van der Waals surface area contributed by atoms with E-state index in [9.17, 15) is 9.50 Å². The van der Waals surface area contributed by atoms with Crippen LogP contribution in [0.3, 0.4) is 0 Å². The van der Waals surface area contributed by atoms with Gasteiger partial charge in [0.2, 0.25) is 0 Å². The summed E-state index contributed by atoms with van der Waals surface area (Å²) in [6, 6.07) is 1.48. The number of hydrogen-bond acceptors (Lipinski definition) is 3. The molecule has 1 N–H and O–H groups in total. The van der Waals surface area contributed by atoms with Crippen LogP contribution in [0.4, 0.5) is 4.39 Å². The average molecular weight is 289 g/mol. The van der Waals surface area contributed by atoms with E-state index < -0.39 is 0 Å². The number of pyridine rings is 1. The van der Waals surface area contributed by atoms with E-state index >= 15 is 0 Å². The lowest BCUT2D eigenvalue weighted by Crippen LogP contribution is -2.37. The number of likely N-dealkylation sites (tertiary alicyclic amines) is 1. The summed E-state index contributed by atoms with van der Waals surface area (Å²) in [6.07, 6.45) is 3.27. The molecule has 3 nitrogen and oxygen atoms in total. The monoisotopic (exact) mass is 288 g/mol. The molecular weight excluding hydrogens is 275 g/mol. The number of halogens is 2. The first kappa shape index (κ1) is 12.0. The number of aromatic nitrogens is 1. The fourth-order valence-electron chi connectivity index (χ4n) is 1.98. The largest absolute Gasteiger partial charge is 0.392 e. The highest BCUT2D eigenvalue weighted by Gasteiger charge is 2.17. The summed E-state index contributed by atoms with van der Waals surface area (Å²) < 4.78 is 13.5. The van der Waals surface area contributed by atoms with Crippen LogP contribution in [-0.4, -0.2) is 34.2 Å². The Balaban J connectivity index is 2.00. The Labute approximate surface area is 102 Å². The first-order chi connectivity index (χ1) is 7.65. The van der Waals surface area contributed by atoms with E-state index in [1.54, 1.807) is 6.20 Å². The summed E-state index contributed by atoms with van der Waals surface area (Å²) in [6.45, 7) is 2.26. The van der Waals surface area contributed by atoms with Gasteiger partial charge in [-0.3, -0.25) is 4.90 Å². The van der Waals surface area contributed by atoms with Crippen LogP contribution >= 0.6 is 15.9 Å². The molecule has 1 aliphatic rings. The van der Waals surface area contributed by atoms with Crippen molar-refractivity contribution in [2.24, 2.45) is 0 Å². The predicted octanol–water partition coefficient (Wildman–Crippen LogP) is 1.94. The maximum atomic E-state index is 13.2. The molecule has 2 heterocycles. The predicted molar refractivity (Wildman–Crippen MR) is 62.4 cm³/mol. The van der Waals surface area contributed by atoms with Gasteiger partial charge in [-0.05, 0) is 46.9 Å². The van der Waals surface area contributed by atoms with E-state index in [0.717, 1.165) is 24.9 Å². The van der Waals surface area contributed by atoms with E-state index in [-0.39, 0.29) is 16.5 Å². The third-order valence-corrected chi connectivity index (χ3v) is 3.32. The van der Waals surface area contributed by atoms with Crippen molar-refractivity contribution in [2.75, 3.05) is 13.1 Å². The van der Waals surface area contributed by atoms with Crippen LogP contribution in [0.2, 0.25) is 0 Å². The van der Waals surface area contributed by atoms with Gasteiger partial charge in [-0.1, -0.05) is 0 Å². The van der Waals surface area contributed by atoms with E-state index in [0.29, 0.717) is 13.1 Å². The van der Waals surface area contributed by atoms with Gasteiger partial charge in [0, 0.05) is 19.3 Å². The second-order valence-electron chi connectivity index (χ2n) is 4.15. The quantitative estimate of drug-likeness (QED) is 0.845. The fraction of sp³-hybridized carbons (Fsp3) is 0.545. The van der Waals surface area contributed by atoms with Crippen LogP contribution in [0.15, 0.2) is 16.9 Å². The van der Waals surface area contributed by atoms with Crippen LogP contribution in [0.25, 0.3) is 0 Å². The molecule has 0 spiro atoms. The van der Waals surface area contributed by atoms with E-state index in [1.165, 1.54) is 6.07 Å². The molecule has 1 aromatic heterocycles. The Morgan fingerprint density at radius 1 is 1.62 bits per heavy atom. The van der Waals surface area contributed by atoms with Crippen LogP contribution in [0.5, 0.6) is 0 Å². The SMILES string of the molecule is O[C@H]1CCCN(Cc2cnc(Br)c(F)c2)C1. The molecular formula is C11H14BrFN2O. The number of aliphatic hydroxyl groups is 1. The smallest absolute Gasteiger partial charge is 0.156 e. The Hall–Kier alpha value is -0.520. The molecule has 1 saturated heterocycles. The highest BCUT2D eigenvalue weighted by atomic mass is 79.9. The van der Waals surface area contributed by atoms with Crippen molar-refractivity contribution in [3.05, 3.63) is 28.2 Å². The number of nitrogens with zero attached hydrogens (tertiary/aromatic N) is 2. The van der Waals surface area contributed by atoms with Crippen LogP contribution < -0.4 is 0 Å². The summed E-state index contributed by atoms with van der Waals surface area (Å²) in [4.78, 5) is 6.04. The standard InChI is InChI=1S/C11H14BrFN2O/c12-11-10(13)4-8(5-14-11)6-15-3-1-2-9(16)7-15/h4-5,9,16H,1-3,6-7H2/t9-/m0/s1. The molecule has 1 fully saturated rings. The van der Waals surface area contributed by atoms with Gasteiger partial charge in [-0.15, -0.1) is 0 Å². The third-order valence-electron chi connectivity index (χ3n) is 2.74. The number of rotatable bonds is 2. The molecule has 0 aromatic carbocycles. The number of aliphatic hydroxyl groups excluding tert-OH is 1. The van der Waals surface area contributed by atoms with E-state index in [2.05, 4.69) is 25.8 Å². The van der Waals surface area contributed by atoms with Gasteiger partial charge in [0.05, 0.1) is 6.10 Å². The second kappa shape index (κ2) is 5.21. The molecule has 0 aliphatic carbocycles. The first-order valence-corrected chi connectivity index (χ1v) is 6.15. The van der Waals surface area contributed by atoms with Gasteiger partial charge in [-0.25, -0.2) is 9.37 Å². The highest BCUT2D eigenvalue weighted by Crippen LogP contribution is 2.16.